The Kier molecular flexibility index (Phi) is 4.35. The van der Waals surface area contributed by atoms with E-state index in [2.05, 4.69) is 0 Å². The number of carbonyl (C=O) groups excluding carboxylic acids is 1. The van der Waals surface area contributed by atoms with E-state index in [1.165, 1.54) is 0 Å². The van der Waals surface area contributed by atoms with Gasteiger partial charge >= 0.3 is 0 Å². The van der Waals surface area contributed by atoms with E-state index < -0.39 is 0 Å². The van der Waals surface area contributed by atoms with Gasteiger partial charge in [0.15, 0.2) is 0 Å². The van der Waals surface area contributed by atoms with Crippen LogP contribution in [0.3, 0.4) is 0 Å². The van der Waals surface area contributed by atoms with Gasteiger partial charge in [-0.1, -0.05) is 0 Å². The van der Waals surface area contributed by atoms with Gasteiger partial charge in [-0.05, 0) is 20.3 Å². The summed E-state index contributed by atoms with van der Waals surface area (Å²) >= 11 is 0. The average Bonchev–Trinajstić information content (AvgIpc) is 2.59. The van der Waals surface area contributed by atoms with Crippen molar-refractivity contribution in [2.45, 2.75) is 32.4 Å². The van der Waals surface area contributed by atoms with Crippen molar-refractivity contribution in [1.82, 2.24) is 4.90 Å². The number of amides is 1. The second kappa shape index (κ2) is 5.32. The number of ether oxygens (including phenoxy) is 2. The first-order valence-electron chi connectivity index (χ1n) is 5.11. The van der Waals surface area contributed by atoms with Crippen LogP contribution in [0, 0.1) is 0 Å². The summed E-state index contributed by atoms with van der Waals surface area (Å²) in [6.07, 6.45) is 1.07. The molecule has 1 heterocycles. The maximum atomic E-state index is 11.6. The third-order valence-electron chi connectivity index (χ3n) is 2.66. The van der Waals surface area contributed by atoms with Crippen molar-refractivity contribution >= 4 is 5.91 Å². The van der Waals surface area contributed by atoms with Crippen LogP contribution in [0.4, 0.5) is 0 Å². The number of nitrogens with zero attached hydrogens (tertiary/aromatic N) is 1. The fourth-order valence-corrected chi connectivity index (χ4v) is 1.71. The zero-order valence-corrected chi connectivity index (χ0v) is 9.16. The summed E-state index contributed by atoms with van der Waals surface area (Å²) in [5.41, 5.74) is 0. The van der Waals surface area contributed by atoms with Gasteiger partial charge in [-0.3, -0.25) is 4.79 Å². The van der Waals surface area contributed by atoms with Crippen LogP contribution >= 0.6 is 0 Å². The lowest BCUT2D eigenvalue weighted by Crippen LogP contribution is -2.42. The number of likely N-dealkylation sites (N-methyl/N-ethyl adjacent to an activating group) is 1. The van der Waals surface area contributed by atoms with Gasteiger partial charge in [0.2, 0.25) is 5.91 Å². The highest BCUT2D eigenvalue weighted by Gasteiger charge is 2.30. The topological polar surface area (TPSA) is 38.8 Å². The van der Waals surface area contributed by atoms with Crippen LogP contribution in [-0.4, -0.2) is 49.8 Å². The lowest BCUT2D eigenvalue weighted by atomic mass is 10.1. The molecule has 14 heavy (non-hydrogen) atoms. The lowest BCUT2D eigenvalue weighted by Gasteiger charge is -2.26. The zero-order valence-electron chi connectivity index (χ0n) is 9.16. The Hall–Kier alpha value is -0.610. The van der Waals surface area contributed by atoms with Crippen LogP contribution in [0.2, 0.25) is 0 Å². The highest BCUT2D eigenvalue weighted by molar-refractivity contribution is 5.77. The molecule has 1 amide bonds. The quantitative estimate of drug-likeness (QED) is 0.670. The highest BCUT2D eigenvalue weighted by atomic mass is 16.5. The largest absolute Gasteiger partial charge is 0.376 e. The van der Waals surface area contributed by atoms with Crippen LogP contribution in [0.1, 0.15) is 20.3 Å². The van der Waals surface area contributed by atoms with Gasteiger partial charge in [-0.15, -0.1) is 0 Å². The summed E-state index contributed by atoms with van der Waals surface area (Å²) in [6, 6.07) is 0.211. The molecule has 1 rings (SSSR count). The van der Waals surface area contributed by atoms with Crippen molar-refractivity contribution in [3.05, 3.63) is 0 Å². The number of rotatable bonds is 4. The molecule has 0 spiro atoms. The molecule has 0 saturated carbocycles. The Balaban J connectivity index is 2.39. The smallest absolute Gasteiger partial charge is 0.248 e. The summed E-state index contributed by atoms with van der Waals surface area (Å²) in [5.74, 6) is 0.0363. The van der Waals surface area contributed by atoms with Crippen LogP contribution in [0.25, 0.3) is 0 Å². The molecule has 0 aromatic heterocycles. The first-order valence-corrected chi connectivity index (χ1v) is 5.11. The highest BCUT2D eigenvalue weighted by Crippen LogP contribution is 2.18. The minimum atomic E-state index is 0.0363. The first-order chi connectivity index (χ1) is 6.66. The Labute approximate surface area is 85.2 Å². The zero-order chi connectivity index (χ0) is 10.6. The van der Waals surface area contributed by atoms with Gasteiger partial charge in [0, 0.05) is 20.3 Å². The molecule has 82 valence electrons. The fourth-order valence-electron chi connectivity index (χ4n) is 1.71. The third-order valence-corrected chi connectivity index (χ3v) is 2.66. The number of hydrogen-bond acceptors (Lipinski definition) is 3. The van der Waals surface area contributed by atoms with E-state index in [9.17, 15) is 4.79 Å². The van der Waals surface area contributed by atoms with Crippen LogP contribution < -0.4 is 0 Å². The molecule has 0 N–H and O–H groups in total. The first kappa shape index (κ1) is 11.5. The van der Waals surface area contributed by atoms with E-state index in [-0.39, 0.29) is 24.7 Å². The molecule has 1 fully saturated rings. The van der Waals surface area contributed by atoms with Crippen molar-refractivity contribution in [1.29, 1.82) is 0 Å². The summed E-state index contributed by atoms with van der Waals surface area (Å²) in [7, 11) is 1.82. The molecule has 0 bridgehead atoms. The SMILES string of the molecule is CCOCC(=O)N(C)C1CCOC1C. The van der Waals surface area contributed by atoms with E-state index in [0.29, 0.717) is 6.61 Å². The molecule has 4 nitrogen and oxygen atoms in total. The van der Waals surface area contributed by atoms with Crippen molar-refractivity contribution in [2.75, 3.05) is 26.9 Å². The van der Waals surface area contributed by atoms with Gasteiger partial charge in [-0.2, -0.15) is 0 Å². The maximum absolute atomic E-state index is 11.6. The summed E-state index contributed by atoms with van der Waals surface area (Å²) in [4.78, 5) is 13.3. The summed E-state index contributed by atoms with van der Waals surface area (Å²) < 4.78 is 10.5. The van der Waals surface area contributed by atoms with Crippen molar-refractivity contribution in [3.8, 4) is 0 Å². The molecule has 0 aliphatic carbocycles. The molecule has 2 unspecified atom stereocenters. The van der Waals surface area contributed by atoms with Gasteiger partial charge in [0.25, 0.3) is 0 Å². The van der Waals surface area contributed by atoms with Crippen molar-refractivity contribution < 1.29 is 14.3 Å². The molecule has 1 saturated heterocycles. The predicted molar refractivity (Wildman–Crippen MR) is 53.1 cm³/mol. The molecule has 0 aromatic carbocycles. The normalized spacial score (nSPS) is 26.5. The molecule has 1 aliphatic rings. The Bertz CT molecular complexity index is 196. The predicted octanol–water partition coefficient (Wildman–Crippen LogP) is 0.659. The fraction of sp³-hybridized carbons (Fsp3) is 0.900. The van der Waals surface area contributed by atoms with Gasteiger partial charge in [-0.25, -0.2) is 0 Å². The second-order valence-corrected chi connectivity index (χ2v) is 3.57. The summed E-state index contributed by atoms with van der Waals surface area (Å²) in [6.45, 7) is 5.39. The van der Waals surface area contributed by atoms with Gasteiger partial charge in [0.1, 0.15) is 6.61 Å². The Morgan fingerprint density at radius 3 is 2.86 bits per heavy atom. The molecule has 1 aliphatic heterocycles. The number of hydrogen-bond donors (Lipinski definition) is 0. The van der Waals surface area contributed by atoms with E-state index in [0.717, 1.165) is 13.0 Å². The van der Waals surface area contributed by atoms with Gasteiger partial charge < -0.3 is 14.4 Å². The average molecular weight is 201 g/mol. The third kappa shape index (κ3) is 2.69. The molecule has 4 heteroatoms. The van der Waals surface area contributed by atoms with E-state index in [1.54, 1.807) is 4.90 Å². The van der Waals surface area contributed by atoms with E-state index in [4.69, 9.17) is 9.47 Å². The standard InChI is InChI=1S/C10H19NO3/c1-4-13-7-10(12)11(3)9-5-6-14-8(9)2/h8-9H,4-7H2,1-3H3. The number of carbonyl (C=O) groups is 1. The molecule has 0 aromatic rings. The van der Waals surface area contributed by atoms with E-state index >= 15 is 0 Å². The minimum absolute atomic E-state index is 0.0363. The Morgan fingerprint density at radius 1 is 1.64 bits per heavy atom. The van der Waals surface area contributed by atoms with E-state index in [1.807, 2.05) is 20.9 Å². The lowest BCUT2D eigenvalue weighted by molar-refractivity contribution is -0.137. The molecular weight excluding hydrogens is 182 g/mol. The molecule has 0 radical (unpaired) electrons. The van der Waals surface area contributed by atoms with Gasteiger partial charge in [0.05, 0.1) is 12.1 Å². The monoisotopic (exact) mass is 201 g/mol. The van der Waals surface area contributed by atoms with Crippen LogP contribution in [0.5, 0.6) is 0 Å². The van der Waals surface area contributed by atoms with Crippen LogP contribution in [0.15, 0.2) is 0 Å². The Morgan fingerprint density at radius 2 is 2.36 bits per heavy atom. The van der Waals surface area contributed by atoms with Crippen molar-refractivity contribution in [3.63, 3.8) is 0 Å². The summed E-state index contributed by atoms with van der Waals surface area (Å²) in [5, 5.41) is 0. The van der Waals surface area contributed by atoms with Crippen molar-refractivity contribution in [2.24, 2.45) is 0 Å². The molecular formula is C10H19NO3. The second-order valence-electron chi connectivity index (χ2n) is 3.57. The maximum Gasteiger partial charge on any atom is 0.248 e. The molecule has 2 atom stereocenters. The minimum Gasteiger partial charge on any atom is -0.376 e. The van der Waals surface area contributed by atoms with Crippen LogP contribution in [-0.2, 0) is 14.3 Å².